The first-order valence-corrected chi connectivity index (χ1v) is 10.0. The Balaban J connectivity index is 2.49. The Kier molecular flexibility index (Phi) is 2.74. The van der Waals surface area contributed by atoms with E-state index in [1.54, 1.807) is 0 Å². The van der Waals surface area contributed by atoms with E-state index < -0.39 is 11.0 Å². The van der Waals surface area contributed by atoms with Crippen molar-refractivity contribution in [3.63, 3.8) is 0 Å². The van der Waals surface area contributed by atoms with Crippen molar-refractivity contribution in [2.75, 3.05) is 0 Å². The van der Waals surface area contributed by atoms with Crippen LogP contribution in [0.4, 0.5) is 0 Å². The van der Waals surface area contributed by atoms with Crippen molar-refractivity contribution >= 4 is 31.2 Å². The van der Waals surface area contributed by atoms with Crippen LogP contribution in [-0.2, 0) is 0 Å². The van der Waals surface area contributed by atoms with Crippen LogP contribution in [0.3, 0.4) is 0 Å². The first-order chi connectivity index (χ1) is 4.13. The molecule has 0 N–H and O–H groups in total. The van der Waals surface area contributed by atoms with E-state index >= 15 is 0 Å². The quantitative estimate of drug-likeness (QED) is 0.563. The summed E-state index contributed by atoms with van der Waals surface area (Å²) >= 11 is -1.92. The minimum absolute atomic E-state index is 0.637. The normalized spacial score (nSPS) is 37.9. The fourth-order valence-electron chi connectivity index (χ4n) is 1.10. The zero-order valence-electron chi connectivity index (χ0n) is 5.57. The summed E-state index contributed by atoms with van der Waals surface area (Å²) in [7, 11) is 12.3. The number of hydrogen-bond acceptors (Lipinski definition) is 0. The van der Waals surface area contributed by atoms with E-state index in [0.29, 0.717) is 4.82 Å². The molecule has 9 heavy (non-hydrogen) atoms. The van der Waals surface area contributed by atoms with Crippen LogP contribution in [0.1, 0.15) is 26.2 Å². The molecule has 0 aromatic heterocycles. The summed E-state index contributed by atoms with van der Waals surface area (Å²) in [4.78, 5) is 0.637. The van der Waals surface area contributed by atoms with Gasteiger partial charge in [-0.2, -0.15) is 0 Å². The molecule has 1 atom stereocenters. The standard InChI is InChI=1S/C6H12Cl2Se/c1-6-4-2-3-5-9(6,7)8/h6H,2-5H2,1H3. The molecule has 1 aliphatic heterocycles. The second-order valence-electron chi connectivity index (χ2n) is 2.63. The zero-order valence-corrected chi connectivity index (χ0v) is 8.79. The zero-order chi connectivity index (χ0) is 6.91. The molecule has 1 fully saturated rings. The van der Waals surface area contributed by atoms with Crippen molar-refractivity contribution in [1.82, 2.24) is 0 Å². The topological polar surface area (TPSA) is 0 Å². The summed E-state index contributed by atoms with van der Waals surface area (Å²) in [6, 6.07) is 0. The van der Waals surface area contributed by atoms with E-state index in [9.17, 15) is 0 Å². The molecular formula is C6H12Cl2Se. The summed E-state index contributed by atoms with van der Waals surface area (Å²) < 4.78 is 0. The van der Waals surface area contributed by atoms with Gasteiger partial charge in [0.1, 0.15) is 0 Å². The molecule has 1 unspecified atom stereocenters. The molecule has 0 nitrogen and oxygen atoms in total. The van der Waals surface area contributed by atoms with Gasteiger partial charge in [0.2, 0.25) is 0 Å². The van der Waals surface area contributed by atoms with E-state index in [-0.39, 0.29) is 0 Å². The Hall–Kier alpha value is 1.10. The number of halogens is 2. The Bertz CT molecular complexity index is 103. The monoisotopic (exact) mass is 234 g/mol. The van der Waals surface area contributed by atoms with E-state index in [0.717, 1.165) is 5.32 Å². The third-order valence-corrected chi connectivity index (χ3v) is 11.3. The predicted octanol–water partition coefficient (Wildman–Crippen LogP) is 3.48. The molecule has 3 heteroatoms. The average Bonchev–Trinajstić information content (AvgIpc) is 1.77. The van der Waals surface area contributed by atoms with Crippen LogP contribution in [0.2, 0.25) is 10.1 Å². The van der Waals surface area contributed by atoms with E-state index in [4.69, 9.17) is 20.2 Å². The van der Waals surface area contributed by atoms with Gasteiger partial charge < -0.3 is 0 Å². The first-order valence-electron chi connectivity index (χ1n) is 3.32. The minimum atomic E-state index is -1.92. The van der Waals surface area contributed by atoms with Gasteiger partial charge in [0.15, 0.2) is 0 Å². The summed E-state index contributed by atoms with van der Waals surface area (Å²) in [6.45, 7) is 2.19. The van der Waals surface area contributed by atoms with Gasteiger partial charge in [-0.1, -0.05) is 0 Å². The van der Waals surface area contributed by atoms with Gasteiger partial charge in [-0.05, 0) is 0 Å². The van der Waals surface area contributed by atoms with Crippen molar-refractivity contribution < 1.29 is 0 Å². The van der Waals surface area contributed by atoms with Crippen LogP contribution in [0.5, 0.6) is 0 Å². The summed E-state index contributed by atoms with van der Waals surface area (Å²) in [5.41, 5.74) is 0. The number of rotatable bonds is 0. The molecule has 0 amide bonds. The van der Waals surface area contributed by atoms with Crippen LogP contribution >= 0.6 is 20.2 Å². The van der Waals surface area contributed by atoms with Gasteiger partial charge in [0.05, 0.1) is 0 Å². The fourth-order valence-corrected chi connectivity index (χ4v) is 6.31. The van der Waals surface area contributed by atoms with E-state index in [1.165, 1.54) is 19.3 Å². The molecule has 0 aliphatic carbocycles. The first kappa shape index (κ1) is 8.20. The van der Waals surface area contributed by atoms with Gasteiger partial charge in [-0.15, -0.1) is 0 Å². The van der Waals surface area contributed by atoms with Crippen molar-refractivity contribution in [2.24, 2.45) is 0 Å². The molecule has 0 spiro atoms. The second kappa shape index (κ2) is 3.00. The molecule has 0 aromatic rings. The third kappa shape index (κ3) is 2.01. The Morgan fingerprint density at radius 2 is 2.00 bits per heavy atom. The van der Waals surface area contributed by atoms with E-state index in [2.05, 4.69) is 6.92 Å². The maximum absolute atomic E-state index is 6.14. The molecule has 1 aliphatic rings. The molecule has 0 radical (unpaired) electrons. The van der Waals surface area contributed by atoms with Crippen molar-refractivity contribution in [3.05, 3.63) is 0 Å². The average molecular weight is 234 g/mol. The third-order valence-electron chi connectivity index (χ3n) is 1.87. The molecule has 56 valence electrons. The van der Waals surface area contributed by atoms with Gasteiger partial charge >= 0.3 is 67.5 Å². The van der Waals surface area contributed by atoms with Crippen LogP contribution in [0, 0.1) is 0 Å². The van der Waals surface area contributed by atoms with Crippen molar-refractivity contribution in [1.29, 1.82) is 0 Å². The summed E-state index contributed by atoms with van der Waals surface area (Å²) in [6.07, 6.45) is 3.85. The van der Waals surface area contributed by atoms with Crippen molar-refractivity contribution in [2.45, 2.75) is 36.3 Å². The van der Waals surface area contributed by atoms with Gasteiger partial charge in [-0.3, -0.25) is 0 Å². The Morgan fingerprint density at radius 1 is 1.33 bits per heavy atom. The van der Waals surface area contributed by atoms with Gasteiger partial charge in [0.25, 0.3) is 0 Å². The maximum atomic E-state index is 6.14. The van der Waals surface area contributed by atoms with Crippen LogP contribution in [-0.4, -0.2) is 11.0 Å². The predicted molar refractivity (Wildman–Crippen MR) is 45.5 cm³/mol. The molecule has 1 saturated heterocycles. The van der Waals surface area contributed by atoms with Crippen LogP contribution in [0.25, 0.3) is 0 Å². The Morgan fingerprint density at radius 3 is 2.33 bits per heavy atom. The van der Waals surface area contributed by atoms with Crippen molar-refractivity contribution in [3.8, 4) is 0 Å². The molecular weight excluding hydrogens is 222 g/mol. The molecule has 0 saturated carbocycles. The number of hydrogen-bond donors (Lipinski definition) is 0. The SMILES string of the molecule is CC1CCCC[Se]1(Cl)Cl. The Labute approximate surface area is 67.6 Å². The molecule has 1 heterocycles. The van der Waals surface area contributed by atoms with Gasteiger partial charge in [-0.25, -0.2) is 0 Å². The van der Waals surface area contributed by atoms with E-state index in [1.807, 2.05) is 0 Å². The van der Waals surface area contributed by atoms with Crippen LogP contribution in [0.15, 0.2) is 0 Å². The molecule has 1 rings (SSSR count). The molecule has 0 aromatic carbocycles. The summed E-state index contributed by atoms with van der Waals surface area (Å²) in [5, 5.41) is 1.13. The molecule has 0 bridgehead atoms. The summed E-state index contributed by atoms with van der Waals surface area (Å²) in [5.74, 6) is 0. The fraction of sp³-hybridized carbons (Fsp3) is 1.00. The van der Waals surface area contributed by atoms with Gasteiger partial charge in [0, 0.05) is 0 Å². The second-order valence-corrected chi connectivity index (χ2v) is 14.3. The van der Waals surface area contributed by atoms with Crippen LogP contribution < -0.4 is 0 Å².